The van der Waals surface area contributed by atoms with Crippen molar-refractivity contribution in [2.45, 2.75) is 19.9 Å². The fraction of sp³-hybridized carbons (Fsp3) is 0.188. The molecule has 0 saturated carbocycles. The maximum absolute atomic E-state index is 13.8. The van der Waals surface area contributed by atoms with Crippen LogP contribution in [0.3, 0.4) is 0 Å². The number of halogens is 2. The number of nitrogens with one attached hydrogen (secondary N) is 2. The number of anilines is 1. The minimum atomic E-state index is -0.350. The Bertz CT molecular complexity index is 660. The summed E-state index contributed by atoms with van der Waals surface area (Å²) in [5, 5.41) is 6.45. The third kappa shape index (κ3) is 4.25. The van der Waals surface area contributed by atoms with E-state index in [-0.39, 0.29) is 11.9 Å². The molecule has 2 nitrogen and oxygen atoms in total. The third-order valence-electron chi connectivity index (χ3n) is 3.18. The SMILES string of the molecule is Cc1ccccc1[C@H](C)NC(=S)Nc1ccc(Br)cc1F. The van der Waals surface area contributed by atoms with Gasteiger partial charge in [-0.3, -0.25) is 0 Å². The van der Waals surface area contributed by atoms with Crippen LogP contribution in [0.15, 0.2) is 46.9 Å². The average Bonchev–Trinajstić information content (AvgIpc) is 2.42. The highest BCUT2D eigenvalue weighted by Crippen LogP contribution is 2.20. The van der Waals surface area contributed by atoms with Crippen LogP contribution in [0.4, 0.5) is 10.1 Å². The van der Waals surface area contributed by atoms with Gasteiger partial charge in [-0.1, -0.05) is 40.2 Å². The molecule has 0 unspecified atom stereocenters. The zero-order chi connectivity index (χ0) is 15.4. The predicted octanol–water partition coefficient (Wildman–Crippen LogP) is 4.94. The van der Waals surface area contributed by atoms with Gasteiger partial charge < -0.3 is 10.6 Å². The molecule has 0 aliphatic carbocycles. The molecule has 0 spiro atoms. The highest BCUT2D eigenvalue weighted by molar-refractivity contribution is 9.10. The quantitative estimate of drug-likeness (QED) is 0.751. The summed E-state index contributed by atoms with van der Waals surface area (Å²) in [7, 11) is 0. The Morgan fingerprint density at radius 1 is 1.24 bits per heavy atom. The lowest BCUT2D eigenvalue weighted by Gasteiger charge is -2.19. The standard InChI is InChI=1S/C16H16BrFN2S/c1-10-5-3-4-6-13(10)11(2)19-16(21)20-15-8-7-12(17)9-14(15)18/h3-9,11H,1-2H3,(H2,19,20,21)/t11-/m0/s1. The summed E-state index contributed by atoms with van der Waals surface area (Å²) in [4.78, 5) is 0. The first kappa shape index (κ1) is 15.9. The fourth-order valence-electron chi connectivity index (χ4n) is 2.10. The molecule has 21 heavy (non-hydrogen) atoms. The van der Waals surface area contributed by atoms with Crippen LogP contribution < -0.4 is 10.6 Å². The molecule has 0 heterocycles. The normalized spacial score (nSPS) is 11.8. The van der Waals surface area contributed by atoms with Crippen molar-refractivity contribution in [2.75, 3.05) is 5.32 Å². The van der Waals surface area contributed by atoms with Crippen molar-refractivity contribution in [2.24, 2.45) is 0 Å². The maximum Gasteiger partial charge on any atom is 0.171 e. The molecule has 2 rings (SSSR count). The van der Waals surface area contributed by atoms with Crippen molar-refractivity contribution in [1.82, 2.24) is 5.32 Å². The van der Waals surface area contributed by atoms with Crippen molar-refractivity contribution >= 4 is 38.9 Å². The first-order valence-corrected chi connectivity index (χ1v) is 7.75. The summed E-state index contributed by atoms with van der Waals surface area (Å²) in [5.74, 6) is -0.350. The Morgan fingerprint density at radius 3 is 2.62 bits per heavy atom. The monoisotopic (exact) mass is 366 g/mol. The lowest BCUT2D eigenvalue weighted by atomic mass is 10.0. The summed E-state index contributed by atoms with van der Waals surface area (Å²) in [5.41, 5.74) is 2.71. The topological polar surface area (TPSA) is 24.1 Å². The average molecular weight is 367 g/mol. The summed E-state index contributed by atoms with van der Waals surface area (Å²) in [6.45, 7) is 4.08. The van der Waals surface area contributed by atoms with E-state index in [2.05, 4.69) is 45.6 Å². The van der Waals surface area contributed by atoms with Crippen LogP contribution in [0.1, 0.15) is 24.1 Å². The molecule has 2 aromatic rings. The lowest BCUT2D eigenvalue weighted by Crippen LogP contribution is -2.31. The number of benzene rings is 2. The molecule has 0 bridgehead atoms. The Balaban J connectivity index is 2.03. The Labute approximate surface area is 137 Å². The molecule has 0 aliphatic heterocycles. The van der Waals surface area contributed by atoms with E-state index in [1.807, 2.05) is 19.1 Å². The first-order chi connectivity index (χ1) is 9.97. The lowest BCUT2D eigenvalue weighted by molar-refractivity contribution is 0.630. The molecule has 0 fully saturated rings. The largest absolute Gasteiger partial charge is 0.356 e. The first-order valence-electron chi connectivity index (χ1n) is 6.55. The van der Waals surface area contributed by atoms with Crippen LogP contribution in [-0.2, 0) is 0 Å². The van der Waals surface area contributed by atoms with Gasteiger partial charge in [-0.2, -0.15) is 0 Å². The van der Waals surface area contributed by atoms with Crippen molar-refractivity contribution < 1.29 is 4.39 Å². The van der Waals surface area contributed by atoms with E-state index in [9.17, 15) is 4.39 Å². The highest BCUT2D eigenvalue weighted by atomic mass is 79.9. The Kier molecular flexibility index (Phi) is 5.31. The maximum atomic E-state index is 13.8. The molecule has 0 aromatic heterocycles. The van der Waals surface area contributed by atoms with Gasteiger partial charge in [-0.15, -0.1) is 0 Å². The molecule has 5 heteroatoms. The van der Waals surface area contributed by atoms with Crippen molar-refractivity contribution in [1.29, 1.82) is 0 Å². The second-order valence-corrected chi connectivity index (χ2v) is 6.12. The van der Waals surface area contributed by atoms with Crippen LogP contribution in [-0.4, -0.2) is 5.11 Å². The van der Waals surface area contributed by atoms with Gasteiger partial charge in [0, 0.05) is 4.47 Å². The predicted molar refractivity (Wildman–Crippen MR) is 93.1 cm³/mol. The van der Waals surface area contributed by atoms with Gasteiger partial charge >= 0.3 is 0 Å². The minimum Gasteiger partial charge on any atom is -0.356 e. The summed E-state index contributed by atoms with van der Waals surface area (Å²) in [6, 6.07) is 12.9. The van der Waals surface area contributed by atoms with Crippen molar-refractivity contribution in [3.05, 3.63) is 63.9 Å². The zero-order valence-corrected chi connectivity index (χ0v) is 14.2. The van der Waals surface area contributed by atoms with Crippen LogP contribution in [0.5, 0.6) is 0 Å². The highest BCUT2D eigenvalue weighted by Gasteiger charge is 2.10. The number of rotatable bonds is 3. The molecule has 0 amide bonds. The second kappa shape index (κ2) is 7.00. The van der Waals surface area contributed by atoms with E-state index in [1.165, 1.54) is 11.6 Å². The number of hydrogen-bond donors (Lipinski definition) is 2. The van der Waals surface area contributed by atoms with E-state index in [0.717, 1.165) is 5.56 Å². The van der Waals surface area contributed by atoms with Crippen LogP contribution >= 0.6 is 28.1 Å². The zero-order valence-electron chi connectivity index (χ0n) is 11.8. The van der Waals surface area contributed by atoms with E-state index in [1.54, 1.807) is 12.1 Å². The molecule has 0 radical (unpaired) electrons. The summed E-state index contributed by atoms with van der Waals surface area (Å²) in [6.07, 6.45) is 0. The third-order valence-corrected chi connectivity index (χ3v) is 3.90. The van der Waals surface area contributed by atoms with Gasteiger partial charge in [-0.05, 0) is 55.4 Å². The van der Waals surface area contributed by atoms with E-state index < -0.39 is 0 Å². The summed E-state index contributed by atoms with van der Waals surface area (Å²) >= 11 is 8.47. The van der Waals surface area contributed by atoms with Gasteiger partial charge in [-0.25, -0.2) is 4.39 Å². The van der Waals surface area contributed by atoms with Crippen LogP contribution in [0, 0.1) is 12.7 Å². The van der Waals surface area contributed by atoms with Gasteiger partial charge in [0.2, 0.25) is 0 Å². The Hall–Kier alpha value is -1.46. The van der Waals surface area contributed by atoms with Crippen LogP contribution in [0.25, 0.3) is 0 Å². The van der Waals surface area contributed by atoms with Crippen molar-refractivity contribution in [3.8, 4) is 0 Å². The van der Waals surface area contributed by atoms with E-state index >= 15 is 0 Å². The van der Waals surface area contributed by atoms with Gasteiger partial charge in [0.05, 0.1) is 11.7 Å². The molecule has 0 aliphatic rings. The smallest absolute Gasteiger partial charge is 0.171 e. The molecule has 2 aromatic carbocycles. The van der Waals surface area contributed by atoms with Crippen molar-refractivity contribution in [3.63, 3.8) is 0 Å². The molecular weight excluding hydrogens is 351 g/mol. The molecule has 0 saturated heterocycles. The second-order valence-electron chi connectivity index (χ2n) is 4.80. The van der Waals surface area contributed by atoms with Gasteiger partial charge in [0.1, 0.15) is 5.82 Å². The number of hydrogen-bond acceptors (Lipinski definition) is 1. The van der Waals surface area contributed by atoms with Crippen LogP contribution in [0.2, 0.25) is 0 Å². The van der Waals surface area contributed by atoms with Gasteiger partial charge in [0.25, 0.3) is 0 Å². The molecule has 2 N–H and O–H groups in total. The van der Waals surface area contributed by atoms with Gasteiger partial charge in [0.15, 0.2) is 5.11 Å². The minimum absolute atomic E-state index is 0.0460. The molecule has 110 valence electrons. The Morgan fingerprint density at radius 2 is 1.95 bits per heavy atom. The molecule has 1 atom stereocenters. The molecular formula is C16H16BrFN2S. The fourth-order valence-corrected chi connectivity index (χ4v) is 2.72. The number of thiocarbonyl (C=S) groups is 1. The van der Waals surface area contributed by atoms with E-state index in [4.69, 9.17) is 12.2 Å². The van der Waals surface area contributed by atoms with E-state index in [0.29, 0.717) is 15.3 Å². The number of aryl methyl sites for hydroxylation is 1. The summed E-state index contributed by atoms with van der Waals surface area (Å²) < 4.78 is 14.4.